The van der Waals surface area contributed by atoms with Crippen LogP contribution in [0.5, 0.6) is 0 Å². The van der Waals surface area contributed by atoms with E-state index in [-0.39, 0.29) is 11.9 Å². The minimum absolute atomic E-state index is 0.221. The minimum atomic E-state index is 0.221. The molecule has 19 heavy (non-hydrogen) atoms. The molecular weight excluding hydrogens is 236 g/mol. The molecule has 0 aromatic rings. The zero-order valence-electron chi connectivity index (χ0n) is 12.2. The Morgan fingerprint density at radius 1 is 1.00 bits per heavy atom. The Hall–Kier alpha value is -0.570. The number of rotatable bonds is 5. The number of nitrogens with two attached hydrogens (primary N) is 1. The highest BCUT2D eigenvalue weighted by Crippen LogP contribution is 2.26. The van der Waals surface area contributed by atoms with Crippen LogP contribution in [-0.2, 0) is 4.79 Å². The molecule has 2 aliphatic rings. The molecule has 0 aromatic carbocycles. The number of carbonyl (C=O) groups is 1. The third kappa shape index (κ3) is 5.13. The molecule has 3 heteroatoms. The van der Waals surface area contributed by atoms with Gasteiger partial charge in [0.1, 0.15) is 0 Å². The van der Waals surface area contributed by atoms with Crippen molar-refractivity contribution >= 4 is 5.91 Å². The van der Waals surface area contributed by atoms with Gasteiger partial charge in [0.05, 0.1) is 0 Å². The van der Waals surface area contributed by atoms with Gasteiger partial charge in [0, 0.05) is 19.0 Å². The number of nitrogens with one attached hydrogen (secondary N) is 1. The van der Waals surface area contributed by atoms with Gasteiger partial charge >= 0.3 is 0 Å². The van der Waals surface area contributed by atoms with Crippen molar-refractivity contribution in [3.63, 3.8) is 0 Å². The van der Waals surface area contributed by atoms with Gasteiger partial charge < -0.3 is 11.1 Å². The summed E-state index contributed by atoms with van der Waals surface area (Å²) in [5.41, 5.74) is 6.09. The Labute approximate surface area is 117 Å². The van der Waals surface area contributed by atoms with Crippen LogP contribution in [0.1, 0.15) is 70.6 Å². The molecular formula is C16H30N2O. The minimum Gasteiger partial charge on any atom is -0.356 e. The highest BCUT2D eigenvalue weighted by molar-refractivity contribution is 5.76. The Kier molecular flexibility index (Phi) is 6.15. The van der Waals surface area contributed by atoms with E-state index in [2.05, 4.69) is 5.32 Å². The molecule has 0 bridgehead atoms. The van der Waals surface area contributed by atoms with Gasteiger partial charge in [-0.1, -0.05) is 44.9 Å². The molecule has 2 aliphatic carbocycles. The standard InChI is InChI=1S/C16H30N2O/c17-15-9-5-4-8-14(15)12-16(19)18-11-10-13-6-2-1-3-7-13/h13-15H,1-12,17H2,(H,18,19). The van der Waals surface area contributed by atoms with Crippen LogP contribution in [0.3, 0.4) is 0 Å². The fourth-order valence-electron chi connectivity index (χ4n) is 3.69. The van der Waals surface area contributed by atoms with Crippen molar-refractivity contribution in [2.45, 2.75) is 76.7 Å². The van der Waals surface area contributed by atoms with E-state index in [9.17, 15) is 4.79 Å². The van der Waals surface area contributed by atoms with Crippen LogP contribution in [-0.4, -0.2) is 18.5 Å². The van der Waals surface area contributed by atoms with E-state index >= 15 is 0 Å². The summed E-state index contributed by atoms with van der Waals surface area (Å²) in [5.74, 6) is 1.49. The van der Waals surface area contributed by atoms with Crippen molar-refractivity contribution in [1.82, 2.24) is 5.32 Å². The topological polar surface area (TPSA) is 55.1 Å². The zero-order chi connectivity index (χ0) is 13.5. The second-order valence-corrected chi connectivity index (χ2v) is 6.56. The van der Waals surface area contributed by atoms with Gasteiger partial charge in [-0.3, -0.25) is 4.79 Å². The lowest BCUT2D eigenvalue weighted by Crippen LogP contribution is -2.37. The monoisotopic (exact) mass is 266 g/mol. The first-order valence-electron chi connectivity index (χ1n) is 8.28. The summed E-state index contributed by atoms with van der Waals surface area (Å²) in [6, 6.07) is 0.248. The summed E-state index contributed by atoms with van der Waals surface area (Å²) in [7, 11) is 0. The van der Waals surface area contributed by atoms with E-state index in [0.717, 1.165) is 25.3 Å². The van der Waals surface area contributed by atoms with E-state index in [1.54, 1.807) is 0 Å². The van der Waals surface area contributed by atoms with Crippen molar-refractivity contribution in [2.75, 3.05) is 6.54 Å². The third-order valence-electron chi connectivity index (χ3n) is 5.01. The van der Waals surface area contributed by atoms with Crippen LogP contribution in [0, 0.1) is 11.8 Å². The van der Waals surface area contributed by atoms with E-state index < -0.39 is 0 Å². The number of hydrogen-bond acceptors (Lipinski definition) is 2. The maximum Gasteiger partial charge on any atom is 0.220 e. The van der Waals surface area contributed by atoms with Crippen molar-refractivity contribution in [2.24, 2.45) is 17.6 Å². The maximum atomic E-state index is 11.9. The summed E-state index contributed by atoms with van der Waals surface area (Å²) in [6.45, 7) is 0.867. The Bertz CT molecular complexity index is 274. The summed E-state index contributed by atoms with van der Waals surface area (Å²) in [6.07, 6.45) is 13.4. The van der Waals surface area contributed by atoms with Crippen LogP contribution >= 0.6 is 0 Å². The third-order valence-corrected chi connectivity index (χ3v) is 5.01. The van der Waals surface area contributed by atoms with Gasteiger partial charge in [0.25, 0.3) is 0 Å². The molecule has 2 fully saturated rings. The summed E-state index contributed by atoms with van der Waals surface area (Å²) in [4.78, 5) is 11.9. The normalized spacial score (nSPS) is 29.1. The van der Waals surface area contributed by atoms with Gasteiger partial charge in [0.15, 0.2) is 0 Å². The molecule has 2 unspecified atom stereocenters. The molecule has 110 valence electrons. The average molecular weight is 266 g/mol. The molecule has 0 aliphatic heterocycles. The lowest BCUT2D eigenvalue weighted by atomic mass is 9.83. The Morgan fingerprint density at radius 3 is 2.42 bits per heavy atom. The Balaban J connectivity index is 1.58. The molecule has 1 amide bonds. The van der Waals surface area contributed by atoms with Gasteiger partial charge in [-0.25, -0.2) is 0 Å². The van der Waals surface area contributed by atoms with Crippen LogP contribution in [0.2, 0.25) is 0 Å². The van der Waals surface area contributed by atoms with Crippen molar-refractivity contribution in [3.8, 4) is 0 Å². The first-order chi connectivity index (χ1) is 9.25. The van der Waals surface area contributed by atoms with Crippen molar-refractivity contribution < 1.29 is 4.79 Å². The lowest BCUT2D eigenvalue weighted by molar-refractivity contribution is -0.122. The second kappa shape index (κ2) is 7.88. The first kappa shape index (κ1) is 14.8. The van der Waals surface area contributed by atoms with Gasteiger partial charge in [-0.15, -0.1) is 0 Å². The highest BCUT2D eigenvalue weighted by atomic mass is 16.1. The zero-order valence-corrected chi connectivity index (χ0v) is 12.2. The number of amides is 1. The van der Waals surface area contributed by atoms with Crippen LogP contribution < -0.4 is 11.1 Å². The maximum absolute atomic E-state index is 11.9. The molecule has 0 aromatic heterocycles. The first-order valence-corrected chi connectivity index (χ1v) is 8.28. The van der Waals surface area contributed by atoms with E-state index in [1.807, 2.05) is 0 Å². The average Bonchev–Trinajstić information content (AvgIpc) is 2.43. The highest BCUT2D eigenvalue weighted by Gasteiger charge is 2.24. The van der Waals surface area contributed by atoms with Gasteiger partial charge in [-0.2, -0.15) is 0 Å². The molecule has 0 spiro atoms. The second-order valence-electron chi connectivity index (χ2n) is 6.56. The summed E-state index contributed by atoms with van der Waals surface area (Å²) < 4.78 is 0. The fraction of sp³-hybridized carbons (Fsp3) is 0.938. The Morgan fingerprint density at radius 2 is 1.68 bits per heavy atom. The largest absolute Gasteiger partial charge is 0.356 e. The fourth-order valence-corrected chi connectivity index (χ4v) is 3.69. The predicted molar refractivity (Wildman–Crippen MR) is 78.8 cm³/mol. The number of hydrogen-bond donors (Lipinski definition) is 2. The van der Waals surface area contributed by atoms with Crippen molar-refractivity contribution in [1.29, 1.82) is 0 Å². The molecule has 2 rings (SSSR count). The molecule has 0 heterocycles. The molecule has 2 atom stereocenters. The molecule has 3 nitrogen and oxygen atoms in total. The van der Waals surface area contributed by atoms with E-state index in [1.165, 1.54) is 51.4 Å². The predicted octanol–water partition coefficient (Wildman–Crippen LogP) is 2.98. The SMILES string of the molecule is NC1CCCCC1CC(=O)NCCC1CCCCC1. The quantitative estimate of drug-likeness (QED) is 0.803. The molecule has 0 radical (unpaired) electrons. The van der Waals surface area contributed by atoms with E-state index in [4.69, 9.17) is 5.73 Å². The smallest absolute Gasteiger partial charge is 0.220 e. The summed E-state index contributed by atoms with van der Waals surface area (Å²) in [5, 5.41) is 3.10. The van der Waals surface area contributed by atoms with Crippen LogP contribution in [0.15, 0.2) is 0 Å². The van der Waals surface area contributed by atoms with E-state index in [0.29, 0.717) is 12.3 Å². The van der Waals surface area contributed by atoms with Gasteiger partial charge in [-0.05, 0) is 31.1 Å². The summed E-state index contributed by atoms with van der Waals surface area (Å²) >= 11 is 0. The number of carbonyl (C=O) groups excluding carboxylic acids is 1. The lowest BCUT2D eigenvalue weighted by Gasteiger charge is -2.28. The molecule has 2 saturated carbocycles. The van der Waals surface area contributed by atoms with Crippen molar-refractivity contribution in [3.05, 3.63) is 0 Å². The van der Waals surface area contributed by atoms with Crippen LogP contribution in [0.4, 0.5) is 0 Å². The molecule has 0 saturated heterocycles. The molecule has 3 N–H and O–H groups in total. The van der Waals surface area contributed by atoms with Crippen LogP contribution in [0.25, 0.3) is 0 Å². The van der Waals surface area contributed by atoms with Gasteiger partial charge in [0.2, 0.25) is 5.91 Å².